The van der Waals surface area contributed by atoms with Gasteiger partial charge in [-0.15, -0.1) is 0 Å². The third-order valence-electron chi connectivity index (χ3n) is 3.61. The number of hydrogen-bond donors (Lipinski definition) is 1. The normalized spacial score (nSPS) is 17.2. The van der Waals surface area contributed by atoms with Gasteiger partial charge in [-0.25, -0.2) is 9.59 Å². The summed E-state index contributed by atoms with van der Waals surface area (Å²) in [5.41, 5.74) is 1.19. The van der Waals surface area contributed by atoms with Crippen LogP contribution in [0.5, 0.6) is 0 Å². The lowest BCUT2D eigenvalue weighted by Crippen LogP contribution is -2.36. The van der Waals surface area contributed by atoms with Gasteiger partial charge in [-0.2, -0.15) is 0 Å². The van der Waals surface area contributed by atoms with Crippen LogP contribution in [0.3, 0.4) is 0 Å². The molecule has 0 saturated heterocycles. The smallest absolute Gasteiger partial charge is 0.408 e. The Morgan fingerprint density at radius 2 is 2.14 bits per heavy atom. The van der Waals surface area contributed by atoms with Crippen molar-refractivity contribution in [2.24, 2.45) is 0 Å². The Morgan fingerprint density at radius 3 is 2.76 bits per heavy atom. The van der Waals surface area contributed by atoms with E-state index in [2.05, 4.69) is 6.58 Å². The monoisotopic (exact) mass is 289 g/mol. The molecule has 112 valence electrons. The zero-order chi connectivity index (χ0) is 15.6. The van der Waals surface area contributed by atoms with Crippen molar-refractivity contribution >= 4 is 12.1 Å². The van der Waals surface area contributed by atoms with Crippen molar-refractivity contribution in [1.29, 1.82) is 0 Å². The van der Waals surface area contributed by atoms with Crippen LogP contribution in [0.2, 0.25) is 0 Å². The van der Waals surface area contributed by atoms with E-state index < -0.39 is 17.7 Å². The highest BCUT2D eigenvalue weighted by Crippen LogP contribution is 2.39. The second-order valence-electron chi connectivity index (χ2n) is 5.71. The molecular weight excluding hydrogens is 270 g/mol. The fourth-order valence-electron chi connectivity index (χ4n) is 2.71. The van der Waals surface area contributed by atoms with Crippen molar-refractivity contribution in [1.82, 2.24) is 4.90 Å². The van der Waals surface area contributed by atoms with E-state index in [1.165, 1.54) is 4.90 Å². The SMILES string of the molecule is C=CC(=O)OC(C)(C)CC1c2ccccc2CN1C(=O)O. The minimum absolute atomic E-state index is 0.314. The molecule has 0 aliphatic carbocycles. The number of amides is 1. The van der Waals surface area contributed by atoms with Gasteiger partial charge in [0.15, 0.2) is 0 Å². The van der Waals surface area contributed by atoms with Gasteiger partial charge in [0.1, 0.15) is 5.60 Å². The summed E-state index contributed by atoms with van der Waals surface area (Å²) in [6.45, 7) is 7.29. The Kier molecular flexibility index (Phi) is 4.02. The van der Waals surface area contributed by atoms with Crippen molar-refractivity contribution in [3.05, 3.63) is 48.0 Å². The molecule has 1 atom stereocenters. The summed E-state index contributed by atoms with van der Waals surface area (Å²) in [6.07, 6.45) is 0.539. The van der Waals surface area contributed by atoms with E-state index >= 15 is 0 Å². The van der Waals surface area contributed by atoms with Crippen LogP contribution in [0.25, 0.3) is 0 Å². The Balaban J connectivity index is 2.25. The lowest BCUT2D eigenvalue weighted by atomic mass is 9.93. The van der Waals surface area contributed by atoms with E-state index in [1.807, 2.05) is 24.3 Å². The van der Waals surface area contributed by atoms with Crippen molar-refractivity contribution in [2.75, 3.05) is 0 Å². The van der Waals surface area contributed by atoms with Gasteiger partial charge in [0.05, 0.1) is 6.04 Å². The standard InChI is InChI=1S/C16H19NO4/c1-4-14(18)21-16(2,3)9-13-12-8-6-5-7-11(12)10-17(13)15(19)20/h4-8,13H,1,9-10H2,2-3H3,(H,19,20). The van der Waals surface area contributed by atoms with Crippen molar-refractivity contribution in [3.8, 4) is 0 Å². The van der Waals surface area contributed by atoms with Crippen LogP contribution in [0.1, 0.15) is 37.4 Å². The van der Waals surface area contributed by atoms with Gasteiger partial charge in [-0.1, -0.05) is 30.8 Å². The maximum atomic E-state index is 11.4. The van der Waals surface area contributed by atoms with Crippen LogP contribution in [0, 0.1) is 0 Å². The highest BCUT2D eigenvalue weighted by molar-refractivity contribution is 5.81. The largest absolute Gasteiger partial charge is 0.465 e. The van der Waals surface area contributed by atoms with E-state index in [-0.39, 0.29) is 6.04 Å². The molecule has 5 nitrogen and oxygen atoms in total. The first-order chi connectivity index (χ1) is 9.84. The molecule has 2 rings (SSSR count). The molecule has 0 aromatic heterocycles. The average molecular weight is 289 g/mol. The molecule has 1 aliphatic rings. The number of rotatable bonds is 4. The molecule has 1 aromatic rings. The van der Waals surface area contributed by atoms with Gasteiger partial charge in [-0.3, -0.25) is 4.90 Å². The predicted octanol–water partition coefficient (Wildman–Crippen LogP) is 3.12. The topological polar surface area (TPSA) is 66.8 Å². The second-order valence-corrected chi connectivity index (χ2v) is 5.71. The highest BCUT2D eigenvalue weighted by Gasteiger charge is 2.38. The molecule has 0 saturated carbocycles. The van der Waals surface area contributed by atoms with Crippen molar-refractivity contribution in [2.45, 2.75) is 38.5 Å². The first-order valence-electron chi connectivity index (χ1n) is 6.77. The quantitative estimate of drug-likeness (QED) is 0.683. The van der Waals surface area contributed by atoms with Crippen molar-refractivity contribution in [3.63, 3.8) is 0 Å². The number of fused-ring (bicyclic) bond motifs is 1. The van der Waals surface area contributed by atoms with Crippen molar-refractivity contribution < 1.29 is 19.4 Å². The van der Waals surface area contributed by atoms with E-state index in [9.17, 15) is 14.7 Å². The van der Waals surface area contributed by atoms with Crippen LogP contribution >= 0.6 is 0 Å². The van der Waals surface area contributed by atoms with Gasteiger partial charge >= 0.3 is 12.1 Å². The van der Waals surface area contributed by atoms with Gasteiger partial charge in [0, 0.05) is 19.0 Å². The predicted molar refractivity (Wildman–Crippen MR) is 77.7 cm³/mol. The van der Waals surface area contributed by atoms with Crippen LogP contribution in [-0.4, -0.2) is 27.7 Å². The molecule has 0 spiro atoms. The number of hydrogen-bond acceptors (Lipinski definition) is 3. The third-order valence-corrected chi connectivity index (χ3v) is 3.61. The maximum absolute atomic E-state index is 11.4. The summed E-state index contributed by atoms with van der Waals surface area (Å²) in [6, 6.07) is 7.32. The first kappa shape index (κ1) is 15.1. The molecular formula is C16H19NO4. The lowest BCUT2D eigenvalue weighted by Gasteiger charge is -2.31. The number of ether oxygens (including phenoxy) is 1. The Morgan fingerprint density at radius 1 is 1.48 bits per heavy atom. The number of carbonyl (C=O) groups is 2. The fraction of sp³-hybridized carbons (Fsp3) is 0.375. The molecule has 0 bridgehead atoms. The molecule has 0 fully saturated rings. The van der Waals surface area contributed by atoms with Gasteiger partial charge in [0.2, 0.25) is 0 Å². The summed E-state index contributed by atoms with van der Waals surface area (Å²) in [5, 5.41) is 9.38. The number of esters is 1. The van der Waals surface area contributed by atoms with Crippen LogP contribution in [0.4, 0.5) is 4.79 Å². The second kappa shape index (κ2) is 5.60. The molecule has 1 aliphatic heterocycles. The van der Waals surface area contributed by atoms with E-state index in [0.29, 0.717) is 13.0 Å². The molecule has 1 N–H and O–H groups in total. The van der Waals surface area contributed by atoms with Crippen LogP contribution in [0.15, 0.2) is 36.9 Å². The zero-order valence-corrected chi connectivity index (χ0v) is 12.2. The summed E-state index contributed by atoms with van der Waals surface area (Å²) >= 11 is 0. The number of carboxylic acid groups (broad SMARTS) is 1. The van der Waals surface area contributed by atoms with E-state index in [0.717, 1.165) is 17.2 Å². The summed E-state index contributed by atoms with van der Waals surface area (Å²) in [5.74, 6) is -0.506. The lowest BCUT2D eigenvalue weighted by molar-refractivity contribution is -0.151. The van der Waals surface area contributed by atoms with Crippen LogP contribution < -0.4 is 0 Å². The minimum atomic E-state index is -0.970. The maximum Gasteiger partial charge on any atom is 0.408 e. The highest BCUT2D eigenvalue weighted by atomic mass is 16.6. The molecule has 0 radical (unpaired) electrons. The molecule has 1 unspecified atom stereocenters. The fourth-order valence-corrected chi connectivity index (χ4v) is 2.71. The molecule has 5 heteroatoms. The van der Waals surface area contributed by atoms with E-state index in [1.54, 1.807) is 13.8 Å². The Hall–Kier alpha value is -2.30. The molecule has 1 aromatic carbocycles. The molecule has 1 heterocycles. The zero-order valence-electron chi connectivity index (χ0n) is 12.2. The van der Waals surface area contributed by atoms with Gasteiger partial charge < -0.3 is 9.84 Å². The summed E-state index contributed by atoms with van der Waals surface area (Å²) in [4.78, 5) is 24.2. The Bertz CT molecular complexity index is 579. The third kappa shape index (κ3) is 3.24. The minimum Gasteiger partial charge on any atom is -0.465 e. The van der Waals surface area contributed by atoms with Gasteiger partial charge in [-0.05, 0) is 25.0 Å². The number of nitrogens with zero attached hydrogens (tertiary/aromatic N) is 1. The number of carbonyl (C=O) groups excluding carboxylic acids is 1. The Labute approximate surface area is 123 Å². The summed E-state index contributed by atoms with van der Waals surface area (Å²) in [7, 11) is 0. The van der Waals surface area contributed by atoms with E-state index in [4.69, 9.17) is 4.74 Å². The van der Waals surface area contributed by atoms with Gasteiger partial charge in [0.25, 0.3) is 0 Å². The average Bonchev–Trinajstić information content (AvgIpc) is 2.77. The van der Waals surface area contributed by atoms with Crippen LogP contribution in [-0.2, 0) is 16.1 Å². The summed E-state index contributed by atoms with van der Waals surface area (Å²) < 4.78 is 5.32. The molecule has 21 heavy (non-hydrogen) atoms. The first-order valence-corrected chi connectivity index (χ1v) is 6.77. The molecule has 1 amide bonds. The number of benzene rings is 1.